The van der Waals surface area contributed by atoms with Crippen LogP contribution in [0, 0.1) is 0 Å². The Bertz CT molecular complexity index is 962. The Labute approximate surface area is 163 Å². The molecule has 0 N–H and O–H groups in total. The molecule has 1 aliphatic heterocycles. The van der Waals surface area contributed by atoms with Crippen molar-refractivity contribution in [3.63, 3.8) is 0 Å². The molecule has 1 unspecified atom stereocenters. The predicted octanol–water partition coefficient (Wildman–Crippen LogP) is 3.03. The lowest BCUT2D eigenvalue weighted by Crippen LogP contribution is -2.40. The van der Waals surface area contributed by atoms with Gasteiger partial charge in [-0.05, 0) is 25.0 Å². The van der Waals surface area contributed by atoms with Crippen LogP contribution in [0.1, 0.15) is 46.5 Å². The fraction of sp³-hybridized carbons (Fsp3) is 0.381. The number of para-hydroxylation sites is 1. The zero-order chi connectivity index (χ0) is 19.5. The molecule has 1 saturated heterocycles. The topological polar surface area (TPSA) is 73.4 Å². The molecule has 1 aromatic carbocycles. The number of oxazole rings is 1. The number of aryl methyl sites for hydroxylation is 1. The van der Waals surface area contributed by atoms with Crippen LogP contribution in [0.15, 0.2) is 47.1 Å². The summed E-state index contributed by atoms with van der Waals surface area (Å²) in [6.07, 6.45) is 5.94. The summed E-state index contributed by atoms with van der Waals surface area (Å²) in [5.74, 6) is 2.45. The molecule has 146 valence electrons. The molecule has 1 fully saturated rings. The third-order valence-electron chi connectivity index (χ3n) is 5.23. The van der Waals surface area contributed by atoms with Gasteiger partial charge >= 0.3 is 0 Å². The molecule has 0 aliphatic carbocycles. The van der Waals surface area contributed by atoms with Crippen molar-refractivity contribution < 1.29 is 13.9 Å². The Balaban J connectivity index is 1.46. The Kier molecular flexibility index (Phi) is 5.14. The van der Waals surface area contributed by atoms with E-state index in [2.05, 4.69) is 10.1 Å². The van der Waals surface area contributed by atoms with Gasteiger partial charge in [-0.1, -0.05) is 18.2 Å². The van der Waals surface area contributed by atoms with E-state index in [1.807, 2.05) is 29.2 Å². The second-order valence-electron chi connectivity index (χ2n) is 7.08. The van der Waals surface area contributed by atoms with Gasteiger partial charge in [0.2, 0.25) is 0 Å². The van der Waals surface area contributed by atoms with E-state index in [9.17, 15) is 4.79 Å². The summed E-state index contributed by atoms with van der Waals surface area (Å²) >= 11 is 0. The molecule has 4 rings (SSSR count). The fourth-order valence-electron chi connectivity index (χ4n) is 3.74. The van der Waals surface area contributed by atoms with Crippen molar-refractivity contribution in [3.8, 4) is 5.75 Å². The number of amides is 1. The van der Waals surface area contributed by atoms with Gasteiger partial charge in [-0.15, -0.1) is 0 Å². The summed E-state index contributed by atoms with van der Waals surface area (Å²) in [5, 5.41) is 4.10. The van der Waals surface area contributed by atoms with Gasteiger partial charge in [0.25, 0.3) is 5.91 Å². The Morgan fingerprint density at radius 2 is 2.18 bits per heavy atom. The molecule has 0 radical (unpaired) electrons. The third-order valence-corrected chi connectivity index (χ3v) is 5.23. The van der Waals surface area contributed by atoms with Crippen molar-refractivity contribution in [1.29, 1.82) is 0 Å². The van der Waals surface area contributed by atoms with Crippen molar-refractivity contribution in [2.45, 2.75) is 25.2 Å². The maximum atomic E-state index is 12.8. The van der Waals surface area contributed by atoms with Crippen molar-refractivity contribution in [2.75, 3.05) is 20.2 Å². The van der Waals surface area contributed by atoms with Gasteiger partial charge in [0.05, 0.1) is 19.2 Å². The van der Waals surface area contributed by atoms with E-state index in [0.29, 0.717) is 24.6 Å². The highest BCUT2D eigenvalue weighted by Gasteiger charge is 2.29. The lowest BCUT2D eigenvalue weighted by Gasteiger charge is -2.31. The quantitative estimate of drug-likeness (QED) is 0.680. The number of carbonyl (C=O) groups is 1. The molecular formula is C21H24N4O3. The molecule has 2 aromatic heterocycles. The van der Waals surface area contributed by atoms with Crippen LogP contribution in [-0.2, 0) is 13.5 Å². The first-order chi connectivity index (χ1) is 13.7. The Morgan fingerprint density at radius 1 is 1.32 bits per heavy atom. The van der Waals surface area contributed by atoms with Gasteiger partial charge in [0, 0.05) is 38.3 Å². The highest BCUT2D eigenvalue weighted by Crippen LogP contribution is 2.29. The van der Waals surface area contributed by atoms with Gasteiger partial charge < -0.3 is 14.1 Å². The molecule has 1 atom stereocenters. The fourth-order valence-corrected chi connectivity index (χ4v) is 3.74. The van der Waals surface area contributed by atoms with Crippen LogP contribution < -0.4 is 4.74 Å². The molecule has 3 aromatic rings. The monoisotopic (exact) mass is 380 g/mol. The minimum absolute atomic E-state index is 0.00509. The highest BCUT2D eigenvalue weighted by molar-refractivity contribution is 5.92. The molecule has 28 heavy (non-hydrogen) atoms. The zero-order valence-corrected chi connectivity index (χ0v) is 16.2. The summed E-state index contributed by atoms with van der Waals surface area (Å²) in [4.78, 5) is 19.1. The van der Waals surface area contributed by atoms with Crippen LogP contribution in [0.2, 0.25) is 0 Å². The van der Waals surface area contributed by atoms with Gasteiger partial charge in [0.1, 0.15) is 17.2 Å². The lowest BCUT2D eigenvalue weighted by molar-refractivity contribution is 0.0686. The number of carbonyl (C=O) groups excluding carboxylic acids is 1. The van der Waals surface area contributed by atoms with Gasteiger partial charge in [-0.25, -0.2) is 4.98 Å². The van der Waals surface area contributed by atoms with Crippen molar-refractivity contribution in [1.82, 2.24) is 19.7 Å². The molecule has 3 heterocycles. The summed E-state index contributed by atoms with van der Waals surface area (Å²) in [7, 11) is 3.45. The van der Waals surface area contributed by atoms with Crippen LogP contribution in [0.5, 0.6) is 5.75 Å². The second kappa shape index (κ2) is 7.88. The maximum Gasteiger partial charge on any atom is 0.272 e. The average molecular weight is 380 g/mol. The van der Waals surface area contributed by atoms with E-state index in [-0.39, 0.29) is 11.8 Å². The van der Waals surface area contributed by atoms with E-state index in [1.165, 1.54) is 0 Å². The van der Waals surface area contributed by atoms with Crippen molar-refractivity contribution >= 4 is 5.91 Å². The van der Waals surface area contributed by atoms with Crippen molar-refractivity contribution in [2.24, 2.45) is 7.05 Å². The molecular weight excluding hydrogens is 356 g/mol. The summed E-state index contributed by atoms with van der Waals surface area (Å²) in [5.41, 5.74) is 1.66. The van der Waals surface area contributed by atoms with E-state index in [4.69, 9.17) is 9.15 Å². The first-order valence-corrected chi connectivity index (χ1v) is 9.49. The molecule has 7 nitrogen and oxygen atoms in total. The number of ether oxygens (including phenoxy) is 1. The lowest BCUT2D eigenvalue weighted by atomic mass is 9.97. The number of hydrogen-bond donors (Lipinski definition) is 0. The number of piperidine rings is 1. The molecule has 0 bridgehead atoms. The Hall–Kier alpha value is -3.09. The standard InChI is InChI=1S/C21H24N4O3/c1-24-18(9-10-23-24)21(26)25-11-5-7-16(14-25)20-22-13-17(28-20)12-15-6-3-4-8-19(15)27-2/h3-4,6,8-10,13,16H,5,7,11-12,14H2,1-2H3. The summed E-state index contributed by atoms with van der Waals surface area (Å²) in [6, 6.07) is 9.65. The molecule has 7 heteroatoms. The minimum Gasteiger partial charge on any atom is -0.496 e. The number of rotatable bonds is 5. The molecule has 1 amide bonds. The van der Waals surface area contributed by atoms with E-state index in [0.717, 1.165) is 36.5 Å². The van der Waals surface area contributed by atoms with Gasteiger partial charge in [0.15, 0.2) is 5.89 Å². The highest BCUT2D eigenvalue weighted by atomic mass is 16.5. The minimum atomic E-state index is 0.00509. The van der Waals surface area contributed by atoms with Crippen LogP contribution in [0.25, 0.3) is 0 Å². The second-order valence-corrected chi connectivity index (χ2v) is 7.08. The van der Waals surface area contributed by atoms with Crippen LogP contribution in [-0.4, -0.2) is 45.8 Å². The number of likely N-dealkylation sites (tertiary alicyclic amines) is 1. The summed E-state index contributed by atoms with van der Waals surface area (Å²) in [6.45, 7) is 1.36. The van der Waals surface area contributed by atoms with Gasteiger partial charge in [-0.2, -0.15) is 5.10 Å². The van der Waals surface area contributed by atoms with Crippen molar-refractivity contribution in [3.05, 3.63) is 65.6 Å². The third kappa shape index (κ3) is 3.65. The maximum absolute atomic E-state index is 12.8. The van der Waals surface area contributed by atoms with Crippen LogP contribution in [0.4, 0.5) is 0 Å². The van der Waals surface area contributed by atoms with E-state index < -0.39 is 0 Å². The van der Waals surface area contributed by atoms with E-state index >= 15 is 0 Å². The first kappa shape index (κ1) is 18.3. The average Bonchev–Trinajstić information content (AvgIpc) is 3.37. The van der Waals surface area contributed by atoms with E-state index in [1.54, 1.807) is 37.3 Å². The zero-order valence-electron chi connectivity index (χ0n) is 16.2. The largest absolute Gasteiger partial charge is 0.496 e. The number of aromatic nitrogens is 3. The Morgan fingerprint density at radius 3 is 2.96 bits per heavy atom. The molecule has 1 aliphatic rings. The van der Waals surface area contributed by atoms with Gasteiger partial charge in [-0.3, -0.25) is 9.48 Å². The van der Waals surface area contributed by atoms with Crippen LogP contribution >= 0.6 is 0 Å². The predicted molar refractivity (Wildman–Crippen MR) is 103 cm³/mol. The molecule has 0 spiro atoms. The van der Waals surface area contributed by atoms with Crippen LogP contribution in [0.3, 0.4) is 0 Å². The SMILES string of the molecule is COc1ccccc1Cc1cnc(C2CCCN(C(=O)c3ccnn3C)C2)o1. The number of nitrogens with zero attached hydrogens (tertiary/aromatic N) is 4. The number of hydrogen-bond acceptors (Lipinski definition) is 5. The summed E-state index contributed by atoms with van der Waals surface area (Å²) < 4.78 is 13.1. The normalized spacial score (nSPS) is 16.9. The molecule has 0 saturated carbocycles. The number of methoxy groups -OCH3 is 1. The number of benzene rings is 1. The smallest absolute Gasteiger partial charge is 0.272 e. The first-order valence-electron chi connectivity index (χ1n) is 9.49.